The van der Waals surface area contributed by atoms with Crippen molar-refractivity contribution in [1.29, 1.82) is 0 Å². The fourth-order valence-corrected chi connectivity index (χ4v) is 3.35. The second kappa shape index (κ2) is 8.41. The van der Waals surface area contributed by atoms with Crippen LogP contribution in [-0.4, -0.2) is 26.6 Å². The highest BCUT2D eigenvalue weighted by Gasteiger charge is 2.12. The Labute approximate surface area is 170 Å². The highest BCUT2D eigenvalue weighted by molar-refractivity contribution is 7.14. The number of amides is 2. The molecule has 0 bridgehead atoms. The van der Waals surface area contributed by atoms with E-state index in [0.717, 1.165) is 5.69 Å². The van der Waals surface area contributed by atoms with Gasteiger partial charge in [-0.3, -0.25) is 19.6 Å². The van der Waals surface area contributed by atoms with E-state index in [-0.39, 0.29) is 11.8 Å². The van der Waals surface area contributed by atoms with E-state index in [0.29, 0.717) is 39.6 Å². The molecule has 0 spiro atoms. The lowest BCUT2D eigenvalue weighted by molar-refractivity contribution is -0.119. The van der Waals surface area contributed by atoms with Crippen LogP contribution in [-0.2, 0) is 23.2 Å². The minimum absolute atomic E-state index is 0.132. The lowest BCUT2D eigenvalue weighted by Gasteiger charge is -1.97. The smallest absolute Gasteiger partial charge is 0.250 e. The molecule has 0 aliphatic carbocycles. The molecular formula is C18H18ClN5O3S. The zero-order chi connectivity index (χ0) is 20.3. The Kier molecular flexibility index (Phi) is 5.96. The molecule has 8 nitrogen and oxygen atoms in total. The van der Waals surface area contributed by atoms with Crippen molar-refractivity contribution in [3.8, 4) is 11.5 Å². The molecule has 0 aliphatic heterocycles. The van der Waals surface area contributed by atoms with Crippen molar-refractivity contribution in [2.24, 2.45) is 7.05 Å². The van der Waals surface area contributed by atoms with Gasteiger partial charge in [0.05, 0.1) is 12.2 Å². The van der Waals surface area contributed by atoms with Gasteiger partial charge in [0.2, 0.25) is 11.8 Å². The highest BCUT2D eigenvalue weighted by Crippen LogP contribution is 2.27. The van der Waals surface area contributed by atoms with E-state index in [1.807, 2.05) is 6.92 Å². The summed E-state index contributed by atoms with van der Waals surface area (Å²) in [6, 6.07) is 3.54. The van der Waals surface area contributed by atoms with Crippen LogP contribution in [0.4, 0.5) is 5.13 Å². The average molecular weight is 420 g/mol. The number of anilines is 1. The SMILES string of the molecule is CC(=O)NCc1ccc(-c2csc(NC(=O)/C=C/c3c(C)nn(C)c3Cl)n2)o1. The van der Waals surface area contributed by atoms with Gasteiger partial charge < -0.3 is 9.73 Å². The van der Waals surface area contributed by atoms with Crippen molar-refractivity contribution in [1.82, 2.24) is 20.1 Å². The Morgan fingerprint density at radius 2 is 2.18 bits per heavy atom. The van der Waals surface area contributed by atoms with Gasteiger partial charge in [-0.15, -0.1) is 11.3 Å². The molecule has 0 aromatic carbocycles. The third-order valence-electron chi connectivity index (χ3n) is 3.76. The third kappa shape index (κ3) is 4.68. The van der Waals surface area contributed by atoms with Crippen molar-refractivity contribution in [2.75, 3.05) is 5.32 Å². The molecule has 0 radical (unpaired) electrons. The molecular weight excluding hydrogens is 402 g/mol. The third-order valence-corrected chi connectivity index (χ3v) is 4.96. The second-order valence-electron chi connectivity index (χ2n) is 5.95. The van der Waals surface area contributed by atoms with Crippen LogP contribution in [0.1, 0.15) is 23.9 Å². The van der Waals surface area contributed by atoms with Gasteiger partial charge in [-0.05, 0) is 25.1 Å². The summed E-state index contributed by atoms with van der Waals surface area (Å²) in [5.74, 6) is 0.722. The van der Waals surface area contributed by atoms with Crippen molar-refractivity contribution >= 4 is 46.0 Å². The van der Waals surface area contributed by atoms with Gasteiger partial charge in [-0.1, -0.05) is 11.6 Å². The lowest BCUT2D eigenvalue weighted by Crippen LogP contribution is -2.18. The first kappa shape index (κ1) is 19.8. The number of furan rings is 1. The second-order valence-corrected chi connectivity index (χ2v) is 7.17. The first-order valence-corrected chi connectivity index (χ1v) is 9.56. The Morgan fingerprint density at radius 3 is 2.86 bits per heavy atom. The first-order valence-electron chi connectivity index (χ1n) is 8.30. The predicted octanol–water partition coefficient (Wildman–Crippen LogP) is 3.39. The molecule has 0 saturated heterocycles. The number of hydrogen-bond acceptors (Lipinski definition) is 6. The van der Waals surface area contributed by atoms with Gasteiger partial charge in [0.25, 0.3) is 0 Å². The lowest BCUT2D eigenvalue weighted by atomic mass is 10.2. The van der Waals surface area contributed by atoms with E-state index in [2.05, 4.69) is 20.7 Å². The summed E-state index contributed by atoms with van der Waals surface area (Å²) in [5.41, 5.74) is 2.03. The zero-order valence-electron chi connectivity index (χ0n) is 15.4. The highest BCUT2D eigenvalue weighted by atomic mass is 35.5. The maximum absolute atomic E-state index is 12.1. The minimum Gasteiger partial charge on any atom is -0.458 e. The number of aromatic nitrogens is 3. The van der Waals surface area contributed by atoms with E-state index >= 15 is 0 Å². The molecule has 3 aromatic heterocycles. The molecule has 0 atom stereocenters. The predicted molar refractivity (Wildman–Crippen MR) is 108 cm³/mol. The van der Waals surface area contributed by atoms with Gasteiger partial charge in [0.1, 0.15) is 16.6 Å². The van der Waals surface area contributed by atoms with Gasteiger partial charge >= 0.3 is 0 Å². The van der Waals surface area contributed by atoms with Gasteiger partial charge in [-0.2, -0.15) is 5.10 Å². The van der Waals surface area contributed by atoms with Crippen LogP contribution in [0.2, 0.25) is 5.15 Å². The summed E-state index contributed by atoms with van der Waals surface area (Å²) in [7, 11) is 1.74. The molecule has 2 amide bonds. The number of nitrogens with one attached hydrogen (secondary N) is 2. The number of halogens is 1. The molecule has 0 aliphatic rings. The van der Waals surface area contributed by atoms with E-state index in [1.54, 1.807) is 35.3 Å². The van der Waals surface area contributed by atoms with E-state index in [4.69, 9.17) is 16.0 Å². The van der Waals surface area contributed by atoms with E-state index in [1.165, 1.54) is 24.3 Å². The van der Waals surface area contributed by atoms with Crippen LogP contribution >= 0.6 is 22.9 Å². The van der Waals surface area contributed by atoms with E-state index < -0.39 is 0 Å². The van der Waals surface area contributed by atoms with Crippen molar-refractivity contribution in [2.45, 2.75) is 20.4 Å². The molecule has 2 N–H and O–H groups in total. The molecule has 3 heterocycles. The van der Waals surface area contributed by atoms with Crippen molar-refractivity contribution < 1.29 is 14.0 Å². The summed E-state index contributed by atoms with van der Waals surface area (Å²) in [6.07, 6.45) is 3.00. The van der Waals surface area contributed by atoms with Crippen LogP contribution in [0, 0.1) is 6.92 Å². The van der Waals surface area contributed by atoms with Crippen molar-refractivity contribution in [3.63, 3.8) is 0 Å². The molecule has 146 valence electrons. The van der Waals surface area contributed by atoms with Gasteiger partial charge in [0.15, 0.2) is 10.9 Å². The maximum Gasteiger partial charge on any atom is 0.250 e. The number of carbonyl (C=O) groups is 2. The Hall–Kier alpha value is -2.91. The Bertz CT molecular complexity index is 1050. The standard InChI is InChI=1S/C18H18ClN5O3S/c1-10-13(17(19)24(3)23-10)5-7-16(26)22-18-21-14(9-28-18)15-6-4-12(27-15)8-20-11(2)25/h4-7,9H,8H2,1-3H3,(H,20,25)(H,21,22,26)/b7-5+. The largest absolute Gasteiger partial charge is 0.458 e. The quantitative estimate of drug-likeness (QED) is 0.596. The zero-order valence-corrected chi connectivity index (χ0v) is 17.0. The topological polar surface area (TPSA) is 102 Å². The number of rotatable bonds is 6. The summed E-state index contributed by atoms with van der Waals surface area (Å²) >= 11 is 7.43. The van der Waals surface area contributed by atoms with Crippen LogP contribution in [0.15, 0.2) is 28.0 Å². The molecule has 10 heteroatoms. The van der Waals surface area contributed by atoms with Crippen LogP contribution in [0.3, 0.4) is 0 Å². The minimum atomic E-state index is -0.328. The molecule has 0 saturated carbocycles. The fraction of sp³-hybridized carbons (Fsp3) is 0.222. The normalized spacial score (nSPS) is 11.1. The number of hydrogen-bond donors (Lipinski definition) is 2. The molecule has 3 rings (SSSR count). The van der Waals surface area contributed by atoms with Crippen LogP contribution < -0.4 is 10.6 Å². The Balaban J connectivity index is 1.63. The average Bonchev–Trinajstić information content (AvgIpc) is 3.33. The fourth-order valence-electron chi connectivity index (χ4n) is 2.41. The molecule has 3 aromatic rings. The maximum atomic E-state index is 12.1. The van der Waals surface area contributed by atoms with Gasteiger partial charge in [-0.25, -0.2) is 4.98 Å². The number of nitrogens with zero attached hydrogens (tertiary/aromatic N) is 3. The molecule has 28 heavy (non-hydrogen) atoms. The summed E-state index contributed by atoms with van der Waals surface area (Å²) in [4.78, 5) is 27.5. The summed E-state index contributed by atoms with van der Waals surface area (Å²) < 4.78 is 7.20. The van der Waals surface area contributed by atoms with Crippen LogP contribution in [0.5, 0.6) is 0 Å². The van der Waals surface area contributed by atoms with E-state index in [9.17, 15) is 9.59 Å². The number of aryl methyl sites for hydroxylation is 2. The number of thiazole rings is 1. The summed E-state index contributed by atoms with van der Waals surface area (Å²) in [6.45, 7) is 3.57. The summed E-state index contributed by atoms with van der Waals surface area (Å²) in [5, 5.41) is 12.3. The van der Waals surface area contributed by atoms with Gasteiger partial charge in [0, 0.05) is 31.0 Å². The molecule has 0 unspecified atom stereocenters. The van der Waals surface area contributed by atoms with Crippen LogP contribution in [0.25, 0.3) is 17.5 Å². The Morgan fingerprint density at radius 1 is 1.39 bits per heavy atom. The van der Waals surface area contributed by atoms with Crippen molar-refractivity contribution in [3.05, 3.63) is 45.8 Å². The monoisotopic (exact) mass is 419 g/mol. The molecule has 0 fully saturated rings. The first-order chi connectivity index (χ1) is 13.3. The number of carbonyl (C=O) groups excluding carboxylic acids is 2.